The van der Waals surface area contributed by atoms with Crippen LogP contribution in [-0.2, 0) is 4.79 Å². The van der Waals surface area contributed by atoms with Crippen LogP contribution in [0.2, 0.25) is 0 Å². The molecule has 0 aliphatic carbocycles. The molecule has 1 heterocycles. The molecule has 1 aromatic heterocycles. The first-order valence-electron chi connectivity index (χ1n) is 3.49. The number of hydrogen-bond donors (Lipinski definition) is 2. The number of methoxy groups -OCH3 is 1. The summed E-state index contributed by atoms with van der Waals surface area (Å²) in [6.07, 6.45) is 2.73. The van der Waals surface area contributed by atoms with E-state index in [1.807, 2.05) is 0 Å². The van der Waals surface area contributed by atoms with Crippen molar-refractivity contribution in [1.82, 2.24) is 9.97 Å². The minimum absolute atomic E-state index is 0.0632. The summed E-state index contributed by atoms with van der Waals surface area (Å²) in [6.45, 7) is 0. The quantitative estimate of drug-likeness (QED) is 0.659. The van der Waals surface area contributed by atoms with Crippen LogP contribution in [0.3, 0.4) is 0 Å². The summed E-state index contributed by atoms with van der Waals surface area (Å²) in [7, 11) is 1.47. The minimum Gasteiger partial charge on any atom is -0.494 e. The van der Waals surface area contributed by atoms with Crippen molar-refractivity contribution in [2.75, 3.05) is 7.11 Å². The van der Waals surface area contributed by atoms with Gasteiger partial charge in [-0.3, -0.25) is 4.79 Å². The first kappa shape index (κ1) is 9.40. The van der Waals surface area contributed by atoms with Gasteiger partial charge in [0.2, 0.25) is 0 Å². The highest BCUT2D eigenvalue weighted by molar-refractivity contribution is 5.73. The molecule has 0 spiro atoms. The Balaban J connectivity index is 2.85. The molecule has 1 atom stereocenters. The molecule has 1 rings (SSSR count). The number of carbonyl (C=O) groups is 1. The number of carboxylic acids is 1. The molecule has 0 saturated heterocycles. The van der Waals surface area contributed by atoms with Gasteiger partial charge < -0.3 is 15.6 Å². The minimum atomic E-state index is -1.19. The molecule has 0 radical (unpaired) electrons. The van der Waals surface area contributed by atoms with Crippen LogP contribution in [0.1, 0.15) is 11.9 Å². The molecule has 1 unspecified atom stereocenters. The number of nitrogens with two attached hydrogens (primary N) is 1. The van der Waals surface area contributed by atoms with Crippen molar-refractivity contribution in [2.45, 2.75) is 6.04 Å². The van der Waals surface area contributed by atoms with Gasteiger partial charge in [-0.05, 0) is 0 Å². The Hall–Kier alpha value is -1.69. The number of carboxylic acid groups (broad SMARTS) is 1. The van der Waals surface area contributed by atoms with Crippen LogP contribution >= 0.6 is 0 Å². The maximum atomic E-state index is 10.4. The van der Waals surface area contributed by atoms with Gasteiger partial charge in [-0.15, -0.1) is 0 Å². The molecule has 6 nitrogen and oxygen atoms in total. The summed E-state index contributed by atoms with van der Waals surface area (Å²) in [5, 5.41) is 8.53. The van der Waals surface area contributed by atoms with Crippen molar-refractivity contribution in [1.29, 1.82) is 0 Å². The second-order valence-corrected chi connectivity index (χ2v) is 2.30. The number of ether oxygens (including phenoxy) is 1. The van der Waals surface area contributed by atoms with Crippen LogP contribution in [0.15, 0.2) is 12.4 Å². The van der Waals surface area contributed by atoms with E-state index in [0.29, 0.717) is 5.75 Å². The molecule has 1 aromatic rings. The molecular formula is C7H9N3O3. The summed E-state index contributed by atoms with van der Waals surface area (Å²) in [4.78, 5) is 17.9. The van der Waals surface area contributed by atoms with Crippen LogP contribution in [0, 0.1) is 0 Å². The van der Waals surface area contributed by atoms with Crippen LogP contribution in [0.5, 0.6) is 5.75 Å². The number of hydrogen-bond acceptors (Lipinski definition) is 5. The SMILES string of the molecule is COc1cnc(C(N)C(=O)O)nc1. The molecule has 0 aliphatic rings. The van der Waals surface area contributed by atoms with E-state index in [0.717, 1.165) is 0 Å². The first-order chi connectivity index (χ1) is 6.15. The van der Waals surface area contributed by atoms with E-state index in [2.05, 4.69) is 9.97 Å². The predicted octanol–water partition coefficient (Wildman–Crippen LogP) is -0.430. The topological polar surface area (TPSA) is 98.3 Å². The van der Waals surface area contributed by atoms with Gasteiger partial charge >= 0.3 is 5.97 Å². The Morgan fingerprint density at radius 3 is 2.54 bits per heavy atom. The lowest BCUT2D eigenvalue weighted by atomic mass is 10.3. The van der Waals surface area contributed by atoms with Gasteiger partial charge in [0.1, 0.15) is 0 Å². The van der Waals surface area contributed by atoms with E-state index in [1.54, 1.807) is 0 Å². The fraction of sp³-hybridized carbons (Fsp3) is 0.286. The molecule has 0 aliphatic heterocycles. The fourth-order valence-corrected chi connectivity index (χ4v) is 0.703. The Morgan fingerprint density at radius 1 is 1.62 bits per heavy atom. The van der Waals surface area contributed by atoms with E-state index in [4.69, 9.17) is 15.6 Å². The summed E-state index contributed by atoms with van der Waals surface area (Å²) in [6, 6.07) is -1.19. The smallest absolute Gasteiger partial charge is 0.328 e. The number of nitrogens with zero attached hydrogens (tertiary/aromatic N) is 2. The predicted molar refractivity (Wildman–Crippen MR) is 43.1 cm³/mol. The highest BCUT2D eigenvalue weighted by atomic mass is 16.5. The average Bonchev–Trinajstić information content (AvgIpc) is 2.17. The molecule has 0 saturated carbocycles. The molecule has 13 heavy (non-hydrogen) atoms. The zero-order valence-electron chi connectivity index (χ0n) is 6.97. The Labute approximate surface area is 74.4 Å². The lowest BCUT2D eigenvalue weighted by Gasteiger charge is -2.04. The van der Waals surface area contributed by atoms with Crippen molar-refractivity contribution < 1.29 is 14.6 Å². The van der Waals surface area contributed by atoms with Crippen LogP contribution in [0.4, 0.5) is 0 Å². The highest BCUT2D eigenvalue weighted by Gasteiger charge is 2.16. The lowest BCUT2D eigenvalue weighted by molar-refractivity contribution is -0.138. The third-order valence-electron chi connectivity index (χ3n) is 1.43. The van der Waals surface area contributed by atoms with E-state index in [1.165, 1.54) is 19.5 Å². The van der Waals surface area contributed by atoms with E-state index in [-0.39, 0.29) is 5.82 Å². The number of aromatic nitrogens is 2. The maximum absolute atomic E-state index is 10.4. The monoisotopic (exact) mass is 183 g/mol. The molecule has 0 amide bonds. The second kappa shape index (κ2) is 3.81. The summed E-state index contributed by atoms with van der Waals surface area (Å²) < 4.78 is 4.80. The average molecular weight is 183 g/mol. The normalized spacial score (nSPS) is 12.2. The van der Waals surface area contributed by atoms with Crippen molar-refractivity contribution in [3.63, 3.8) is 0 Å². The van der Waals surface area contributed by atoms with Gasteiger partial charge in [0, 0.05) is 0 Å². The molecule has 6 heteroatoms. The molecule has 0 bridgehead atoms. The second-order valence-electron chi connectivity index (χ2n) is 2.30. The van der Waals surface area contributed by atoms with Gasteiger partial charge in [0.15, 0.2) is 17.6 Å². The van der Waals surface area contributed by atoms with E-state index in [9.17, 15) is 4.79 Å². The van der Waals surface area contributed by atoms with Crippen LogP contribution in [-0.4, -0.2) is 28.2 Å². The zero-order valence-corrected chi connectivity index (χ0v) is 6.97. The van der Waals surface area contributed by atoms with Crippen molar-refractivity contribution in [2.24, 2.45) is 5.73 Å². The zero-order chi connectivity index (χ0) is 9.84. The molecule has 3 N–H and O–H groups in total. The van der Waals surface area contributed by atoms with E-state index < -0.39 is 12.0 Å². The number of rotatable bonds is 3. The van der Waals surface area contributed by atoms with Gasteiger partial charge in [0.25, 0.3) is 0 Å². The number of aliphatic carboxylic acids is 1. The van der Waals surface area contributed by atoms with Gasteiger partial charge in [-0.2, -0.15) is 0 Å². The van der Waals surface area contributed by atoms with Crippen molar-refractivity contribution in [3.05, 3.63) is 18.2 Å². The fourth-order valence-electron chi connectivity index (χ4n) is 0.703. The lowest BCUT2D eigenvalue weighted by Crippen LogP contribution is -2.22. The molecule has 0 aromatic carbocycles. The highest BCUT2D eigenvalue weighted by Crippen LogP contribution is 2.08. The van der Waals surface area contributed by atoms with Crippen molar-refractivity contribution in [3.8, 4) is 5.75 Å². The van der Waals surface area contributed by atoms with Gasteiger partial charge in [-0.25, -0.2) is 9.97 Å². The van der Waals surface area contributed by atoms with Crippen molar-refractivity contribution >= 4 is 5.97 Å². The van der Waals surface area contributed by atoms with Crippen LogP contribution < -0.4 is 10.5 Å². The molecule has 0 fully saturated rings. The Kier molecular flexibility index (Phi) is 2.76. The van der Waals surface area contributed by atoms with Crippen LogP contribution in [0.25, 0.3) is 0 Å². The summed E-state index contributed by atoms with van der Waals surface area (Å²) in [5.74, 6) is -0.639. The van der Waals surface area contributed by atoms with Gasteiger partial charge in [0.05, 0.1) is 19.5 Å². The standard InChI is InChI=1S/C7H9N3O3/c1-13-4-2-9-6(10-3-4)5(8)7(11)12/h2-3,5H,8H2,1H3,(H,11,12). The first-order valence-corrected chi connectivity index (χ1v) is 3.49. The largest absolute Gasteiger partial charge is 0.494 e. The Morgan fingerprint density at radius 2 is 2.15 bits per heavy atom. The molecular weight excluding hydrogens is 174 g/mol. The third-order valence-corrected chi connectivity index (χ3v) is 1.43. The third kappa shape index (κ3) is 2.12. The van der Waals surface area contributed by atoms with E-state index >= 15 is 0 Å². The summed E-state index contributed by atoms with van der Waals surface area (Å²) in [5.41, 5.74) is 5.26. The Bertz CT molecular complexity index is 298. The summed E-state index contributed by atoms with van der Waals surface area (Å²) >= 11 is 0. The van der Waals surface area contributed by atoms with Gasteiger partial charge in [-0.1, -0.05) is 0 Å². The molecule has 70 valence electrons. The maximum Gasteiger partial charge on any atom is 0.328 e.